The first kappa shape index (κ1) is 27.3. The highest BCUT2D eigenvalue weighted by Gasteiger charge is 2.34. The Morgan fingerprint density at radius 2 is 1.82 bits per heavy atom. The van der Waals surface area contributed by atoms with Gasteiger partial charge in [-0.3, -0.25) is 23.9 Å². The smallest absolute Gasteiger partial charge is 0.323 e. The minimum absolute atomic E-state index is 0.000544. The molecule has 2 aliphatic rings. The highest BCUT2D eigenvalue weighted by molar-refractivity contribution is 8.26. The number of carboxylic acid groups (broad SMARTS) is 1. The third-order valence-electron chi connectivity index (χ3n) is 6.51. The number of carboxylic acids is 1. The third kappa shape index (κ3) is 5.30. The molecule has 0 atom stereocenters. The maximum Gasteiger partial charge on any atom is 0.323 e. The number of thioether (sulfide) groups is 1. The maximum atomic E-state index is 13.4. The SMILES string of the molecule is CCCn1c(N2CCN(c3ccc(F)cc3)CC2)c(/C=C2/SC(=S)N(CC(=O)O)C2=O)c(C)c(C#N)c1=O. The third-order valence-corrected chi connectivity index (χ3v) is 7.88. The summed E-state index contributed by atoms with van der Waals surface area (Å²) in [7, 11) is 0. The largest absolute Gasteiger partial charge is 0.480 e. The standard InChI is InChI=1S/C26H26FN5O4S2/c1-3-8-31-23(30-11-9-29(10-12-30)18-6-4-17(27)5-7-18)19(16(2)20(14-28)24(31)35)13-21-25(36)32(15-22(33)34)26(37)38-21/h4-7,13H,3,8-12,15H2,1-2H3,(H,33,34)/b21-13+. The number of nitrogens with zero attached hydrogens (tertiary/aromatic N) is 5. The van der Waals surface area contributed by atoms with Crippen molar-refractivity contribution in [1.29, 1.82) is 5.26 Å². The van der Waals surface area contributed by atoms with Gasteiger partial charge in [0.15, 0.2) is 0 Å². The van der Waals surface area contributed by atoms with E-state index >= 15 is 0 Å². The summed E-state index contributed by atoms with van der Waals surface area (Å²) in [6, 6.07) is 8.32. The molecule has 2 aliphatic heterocycles. The second-order valence-corrected chi connectivity index (χ2v) is 10.6. The molecule has 0 aliphatic carbocycles. The summed E-state index contributed by atoms with van der Waals surface area (Å²) in [5.41, 5.74) is 1.51. The molecule has 9 nitrogen and oxygen atoms in total. The maximum absolute atomic E-state index is 13.4. The van der Waals surface area contributed by atoms with Crippen LogP contribution in [0, 0.1) is 24.1 Å². The number of halogens is 1. The number of pyridine rings is 1. The van der Waals surface area contributed by atoms with Gasteiger partial charge >= 0.3 is 5.97 Å². The molecule has 38 heavy (non-hydrogen) atoms. The lowest BCUT2D eigenvalue weighted by atomic mass is 10.0. The minimum atomic E-state index is -1.18. The number of carbonyl (C=O) groups is 2. The highest BCUT2D eigenvalue weighted by Crippen LogP contribution is 2.36. The molecule has 4 rings (SSSR count). The number of hydrogen-bond donors (Lipinski definition) is 1. The van der Waals surface area contributed by atoms with Crippen LogP contribution >= 0.6 is 24.0 Å². The van der Waals surface area contributed by atoms with E-state index in [-0.39, 0.29) is 20.6 Å². The predicted octanol–water partition coefficient (Wildman–Crippen LogP) is 3.19. The quantitative estimate of drug-likeness (QED) is 0.407. The van der Waals surface area contributed by atoms with E-state index in [1.54, 1.807) is 29.7 Å². The van der Waals surface area contributed by atoms with E-state index in [9.17, 15) is 24.0 Å². The van der Waals surface area contributed by atoms with Gasteiger partial charge in [0, 0.05) is 44.0 Å². The number of nitriles is 1. The molecule has 0 radical (unpaired) electrons. The molecule has 1 aromatic carbocycles. The Hall–Kier alpha value is -3.69. The van der Waals surface area contributed by atoms with Gasteiger partial charge in [-0.1, -0.05) is 30.9 Å². The van der Waals surface area contributed by atoms with Crippen molar-refractivity contribution in [3.8, 4) is 6.07 Å². The Bertz CT molecular complexity index is 1420. The number of thiocarbonyl (C=S) groups is 1. The van der Waals surface area contributed by atoms with Crippen molar-refractivity contribution in [2.75, 3.05) is 42.5 Å². The Kier molecular flexibility index (Phi) is 8.18. The van der Waals surface area contributed by atoms with Crippen molar-refractivity contribution in [1.82, 2.24) is 9.47 Å². The lowest BCUT2D eigenvalue weighted by molar-refractivity contribution is -0.140. The Labute approximate surface area is 228 Å². The van der Waals surface area contributed by atoms with Gasteiger partial charge in [0.1, 0.15) is 34.1 Å². The monoisotopic (exact) mass is 555 g/mol. The van der Waals surface area contributed by atoms with E-state index in [0.717, 1.165) is 22.3 Å². The molecule has 12 heteroatoms. The molecule has 0 bridgehead atoms. The van der Waals surface area contributed by atoms with Crippen LogP contribution in [0.1, 0.15) is 30.0 Å². The fourth-order valence-electron chi connectivity index (χ4n) is 4.65. The number of piperazine rings is 1. The van der Waals surface area contributed by atoms with Crippen LogP contribution in [0.15, 0.2) is 34.0 Å². The van der Waals surface area contributed by atoms with Gasteiger partial charge in [-0.05, 0) is 49.2 Å². The molecular formula is C26H26FN5O4S2. The van der Waals surface area contributed by atoms with Crippen molar-refractivity contribution in [2.24, 2.45) is 0 Å². The van der Waals surface area contributed by atoms with Gasteiger partial charge in [0.2, 0.25) is 0 Å². The van der Waals surface area contributed by atoms with Crippen LogP contribution in [0.5, 0.6) is 0 Å². The zero-order valence-electron chi connectivity index (χ0n) is 20.9. The molecule has 0 saturated carbocycles. The van der Waals surface area contributed by atoms with Gasteiger partial charge in [-0.25, -0.2) is 4.39 Å². The van der Waals surface area contributed by atoms with Crippen molar-refractivity contribution in [3.63, 3.8) is 0 Å². The van der Waals surface area contributed by atoms with E-state index in [4.69, 9.17) is 17.3 Å². The minimum Gasteiger partial charge on any atom is -0.480 e. The van der Waals surface area contributed by atoms with Crippen LogP contribution in [-0.4, -0.2) is 63.5 Å². The second kappa shape index (κ2) is 11.4. The summed E-state index contributed by atoms with van der Waals surface area (Å²) in [5.74, 6) is -1.40. The number of amides is 1. The number of rotatable bonds is 7. The Morgan fingerprint density at radius 3 is 2.39 bits per heavy atom. The summed E-state index contributed by atoms with van der Waals surface area (Å²) in [4.78, 5) is 43.0. The summed E-state index contributed by atoms with van der Waals surface area (Å²) in [5, 5.41) is 19.0. The fourth-order valence-corrected chi connectivity index (χ4v) is 5.88. The van der Waals surface area contributed by atoms with Crippen molar-refractivity contribution in [3.05, 3.63) is 62.0 Å². The first-order chi connectivity index (χ1) is 18.2. The second-order valence-electron chi connectivity index (χ2n) is 8.92. The van der Waals surface area contributed by atoms with E-state index in [2.05, 4.69) is 9.80 Å². The highest BCUT2D eigenvalue weighted by atomic mass is 32.2. The molecule has 2 fully saturated rings. The van der Waals surface area contributed by atoms with Gasteiger partial charge < -0.3 is 14.9 Å². The molecule has 198 valence electrons. The molecule has 0 unspecified atom stereocenters. The first-order valence-corrected chi connectivity index (χ1v) is 13.3. The molecule has 1 aromatic heterocycles. The lowest BCUT2D eigenvalue weighted by Crippen LogP contribution is -2.48. The molecule has 1 N–H and O–H groups in total. The first-order valence-electron chi connectivity index (χ1n) is 12.1. The Morgan fingerprint density at radius 1 is 1.18 bits per heavy atom. The summed E-state index contributed by atoms with van der Waals surface area (Å²) in [6.07, 6.45) is 2.27. The average Bonchev–Trinajstić information content (AvgIpc) is 3.15. The zero-order valence-corrected chi connectivity index (χ0v) is 22.6. The van der Waals surface area contributed by atoms with Crippen LogP contribution in [0.3, 0.4) is 0 Å². The summed E-state index contributed by atoms with van der Waals surface area (Å²) in [6.45, 7) is 5.78. The van der Waals surface area contributed by atoms with Crippen molar-refractivity contribution in [2.45, 2.75) is 26.8 Å². The van der Waals surface area contributed by atoms with Crippen LogP contribution < -0.4 is 15.4 Å². The molecular weight excluding hydrogens is 529 g/mol. The van der Waals surface area contributed by atoms with Gasteiger partial charge in [0.25, 0.3) is 11.5 Å². The van der Waals surface area contributed by atoms with Gasteiger partial charge in [-0.15, -0.1) is 0 Å². The van der Waals surface area contributed by atoms with Crippen molar-refractivity contribution < 1.29 is 19.1 Å². The number of anilines is 2. The molecule has 3 heterocycles. The van der Waals surface area contributed by atoms with Crippen molar-refractivity contribution >= 4 is 57.8 Å². The van der Waals surface area contributed by atoms with E-state index in [1.165, 1.54) is 12.1 Å². The predicted molar refractivity (Wildman–Crippen MR) is 149 cm³/mol. The average molecular weight is 556 g/mol. The molecule has 0 spiro atoms. The van der Waals surface area contributed by atoms with Crippen LogP contribution in [0.4, 0.5) is 15.9 Å². The van der Waals surface area contributed by atoms with E-state index in [1.807, 2.05) is 13.0 Å². The number of carbonyl (C=O) groups excluding carboxylic acids is 1. The number of aromatic nitrogens is 1. The molecule has 2 aromatic rings. The molecule has 1 amide bonds. The Balaban J connectivity index is 1.78. The number of aliphatic carboxylic acids is 1. The number of hydrogen-bond acceptors (Lipinski definition) is 8. The number of benzene rings is 1. The van der Waals surface area contributed by atoms with Crippen LogP contribution in [-0.2, 0) is 16.1 Å². The van der Waals surface area contributed by atoms with E-state index in [0.29, 0.717) is 56.1 Å². The normalized spacial score (nSPS) is 16.9. The van der Waals surface area contributed by atoms with Gasteiger partial charge in [-0.2, -0.15) is 5.26 Å². The van der Waals surface area contributed by atoms with Crippen LogP contribution in [0.2, 0.25) is 0 Å². The summed E-state index contributed by atoms with van der Waals surface area (Å²) >= 11 is 6.24. The van der Waals surface area contributed by atoms with Crippen LogP contribution in [0.25, 0.3) is 6.08 Å². The zero-order chi connectivity index (χ0) is 27.6. The fraction of sp³-hybridized carbons (Fsp3) is 0.346. The van der Waals surface area contributed by atoms with Gasteiger partial charge in [0.05, 0.1) is 4.91 Å². The topological polar surface area (TPSA) is 110 Å². The lowest BCUT2D eigenvalue weighted by Gasteiger charge is -2.39. The summed E-state index contributed by atoms with van der Waals surface area (Å²) < 4.78 is 15.1. The van der Waals surface area contributed by atoms with E-state index < -0.39 is 24.0 Å². The molecule has 2 saturated heterocycles.